The van der Waals surface area contributed by atoms with Gasteiger partial charge in [0.1, 0.15) is 0 Å². The zero-order valence-electron chi connectivity index (χ0n) is 10.3. The van der Waals surface area contributed by atoms with Crippen LogP contribution in [-0.4, -0.2) is 0 Å². The van der Waals surface area contributed by atoms with Crippen molar-refractivity contribution in [2.24, 2.45) is 34.5 Å². The van der Waals surface area contributed by atoms with E-state index in [4.69, 9.17) is 0 Å². The average molecular weight is 204 g/mol. The SMILES string of the molecule is CC1CCCC2C1(C)C21C2CCCCC21. The van der Waals surface area contributed by atoms with Crippen molar-refractivity contribution in [3.63, 3.8) is 0 Å². The first-order chi connectivity index (χ1) is 7.24. The Morgan fingerprint density at radius 2 is 1.53 bits per heavy atom. The standard InChI is InChI=1S/C15H24/c1-10-6-5-9-13-14(10,2)15(13)11-7-3-4-8-12(11)15/h10-13H,3-9H2,1-2H3. The van der Waals surface area contributed by atoms with E-state index in [0.717, 1.165) is 22.7 Å². The Labute approximate surface area is 93.8 Å². The molecular weight excluding hydrogens is 180 g/mol. The quantitative estimate of drug-likeness (QED) is 0.553. The van der Waals surface area contributed by atoms with Crippen LogP contribution in [0.5, 0.6) is 0 Å². The Morgan fingerprint density at radius 3 is 2.13 bits per heavy atom. The first-order valence-electron chi connectivity index (χ1n) is 7.24. The molecule has 0 nitrogen and oxygen atoms in total. The zero-order valence-corrected chi connectivity index (χ0v) is 10.3. The number of fused-ring (bicyclic) bond motifs is 6. The van der Waals surface area contributed by atoms with Crippen LogP contribution in [0.4, 0.5) is 0 Å². The number of hydrogen-bond donors (Lipinski definition) is 0. The van der Waals surface area contributed by atoms with Gasteiger partial charge in [0.15, 0.2) is 0 Å². The molecule has 4 saturated carbocycles. The first kappa shape index (κ1) is 9.07. The van der Waals surface area contributed by atoms with Crippen molar-refractivity contribution < 1.29 is 0 Å². The molecule has 0 bridgehead atoms. The Balaban J connectivity index is 1.70. The summed E-state index contributed by atoms with van der Waals surface area (Å²) in [6.45, 7) is 5.20. The molecular formula is C15H24. The molecule has 0 radical (unpaired) electrons. The van der Waals surface area contributed by atoms with E-state index in [1.54, 1.807) is 32.1 Å². The van der Waals surface area contributed by atoms with E-state index >= 15 is 0 Å². The molecule has 1 spiro atoms. The topological polar surface area (TPSA) is 0 Å². The summed E-state index contributed by atoms with van der Waals surface area (Å²) in [4.78, 5) is 0. The summed E-state index contributed by atoms with van der Waals surface area (Å²) >= 11 is 0. The Bertz CT molecular complexity index is 293. The highest BCUT2D eigenvalue weighted by Crippen LogP contribution is 2.94. The highest BCUT2D eigenvalue weighted by atomic mass is 14.9. The molecule has 0 heterocycles. The number of hydrogen-bond acceptors (Lipinski definition) is 0. The van der Waals surface area contributed by atoms with E-state index in [-0.39, 0.29) is 0 Å². The van der Waals surface area contributed by atoms with Crippen LogP contribution in [0.1, 0.15) is 58.8 Å². The largest absolute Gasteiger partial charge is 0.0620 e. The van der Waals surface area contributed by atoms with Crippen LogP contribution in [-0.2, 0) is 0 Å². The van der Waals surface area contributed by atoms with Crippen LogP contribution < -0.4 is 0 Å². The summed E-state index contributed by atoms with van der Waals surface area (Å²) in [5, 5.41) is 0. The highest BCUT2D eigenvalue weighted by Gasteiger charge is 2.89. The predicted octanol–water partition coefficient (Wildman–Crippen LogP) is 4.25. The van der Waals surface area contributed by atoms with Gasteiger partial charge in [-0.1, -0.05) is 39.5 Å². The van der Waals surface area contributed by atoms with Crippen LogP contribution in [0.2, 0.25) is 0 Å². The fourth-order valence-corrected chi connectivity index (χ4v) is 6.52. The molecule has 4 rings (SSSR count). The first-order valence-corrected chi connectivity index (χ1v) is 7.24. The van der Waals surface area contributed by atoms with Gasteiger partial charge in [0.05, 0.1) is 0 Å². The lowest BCUT2D eigenvalue weighted by Crippen LogP contribution is -2.17. The molecule has 84 valence electrons. The second-order valence-corrected chi connectivity index (χ2v) is 7.10. The van der Waals surface area contributed by atoms with Crippen molar-refractivity contribution in [2.75, 3.05) is 0 Å². The van der Waals surface area contributed by atoms with Crippen molar-refractivity contribution in [1.29, 1.82) is 0 Å². The smallest absolute Gasteiger partial charge is 0.0142 e. The van der Waals surface area contributed by atoms with E-state index in [2.05, 4.69) is 13.8 Å². The van der Waals surface area contributed by atoms with Crippen molar-refractivity contribution >= 4 is 0 Å². The maximum Gasteiger partial charge on any atom is -0.0142 e. The molecule has 4 aliphatic rings. The van der Waals surface area contributed by atoms with Gasteiger partial charge >= 0.3 is 0 Å². The molecule has 0 N–H and O–H groups in total. The van der Waals surface area contributed by atoms with Crippen molar-refractivity contribution in [3.05, 3.63) is 0 Å². The Kier molecular flexibility index (Phi) is 1.49. The van der Waals surface area contributed by atoms with E-state index in [0.29, 0.717) is 0 Å². The second-order valence-electron chi connectivity index (χ2n) is 7.10. The van der Waals surface area contributed by atoms with Gasteiger partial charge < -0.3 is 0 Å². The van der Waals surface area contributed by atoms with Crippen molar-refractivity contribution in [2.45, 2.75) is 58.8 Å². The normalized spacial score (nSPS) is 66.0. The van der Waals surface area contributed by atoms with Crippen LogP contribution >= 0.6 is 0 Å². The summed E-state index contributed by atoms with van der Waals surface area (Å²) in [7, 11) is 0. The Morgan fingerprint density at radius 1 is 0.867 bits per heavy atom. The second kappa shape index (κ2) is 2.46. The van der Waals surface area contributed by atoms with Gasteiger partial charge in [-0.3, -0.25) is 0 Å². The molecule has 0 aliphatic heterocycles. The van der Waals surface area contributed by atoms with Gasteiger partial charge in [0.2, 0.25) is 0 Å². The summed E-state index contributed by atoms with van der Waals surface area (Å²) in [5.41, 5.74) is 1.70. The van der Waals surface area contributed by atoms with E-state index in [9.17, 15) is 0 Å². The molecule has 5 atom stereocenters. The maximum atomic E-state index is 2.65. The summed E-state index contributed by atoms with van der Waals surface area (Å²) < 4.78 is 0. The molecule has 4 aliphatic carbocycles. The lowest BCUT2D eigenvalue weighted by molar-refractivity contribution is 0.241. The van der Waals surface area contributed by atoms with Crippen molar-refractivity contribution in [1.82, 2.24) is 0 Å². The van der Waals surface area contributed by atoms with E-state index in [1.807, 2.05) is 0 Å². The van der Waals surface area contributed by atoms with Gasteiger partial charge in [-0.15, -0.1) is 0 Å². The molecule has 0 amide bonds. The third kappa shape index (κ3) is 0.746. The molecule has 0 aromatic rings. The number of rotatable bonds is 0. The molecule has 0 saturated heterocycles. The maximum absolute atomic E-state index is 2.65. The minimum Gasteiger partial charge on any atom is -0.0620 e. The highest BCUT2D eigenvalue weighted by molar-refractivity contribution is 5.36. The van der Waals surface area contributed by atoms with Gasteiger partial charge in [0, 0.05) is 0 Å². The van der Waals surface area contributed by atoms with Gasteiger partial charge in [-0.2, -0.15) is 0 Å². The molecule has 4 fully saturated rings. The van der Waals surface area contributed by atoms with Crippen LogP contribution in [0, 0.1) is 34.5 Å². The molecule has 5 unspecified atom stereocenters. The summed E-state index contributed by atoms with van der Waals surface area (Å²) in [5.74, 6) is 4.55. The van der Waals surface area contributed by atoms with E-state index in [1.165, 1.54) is 24.7 Å². The average Bonchev–Trinajstić information content (AvgIpc) is 3.07. The van der Waals surface area contributed by atoms with Gasteiger partial charge in [0.25, 0.3) is 0 Å². The third-order valence-corrected chi connectivity index (χ3v) is 7.19. The minimum atomic E-state index is 0.797. The minimum absolute atomic E-state index is 0.797. The van der Waals surface area contributed by atoms with Crippen LogP contribution in [0.25, 0.3) is 0 Å². The lowest BCUT2D eigenvalue weighted by Gasteiger charge is -2.25. The molecule has 15 heavy (non-hydrogen) atoms. The van der Waals surface area contributed by atoms with Crippen LogP contribution in [0.3, 0.4) is 0 Å². The molecule has 0 heteroatoms. The van der Waals surface area contributed by atoms with E-state index < -0.39 is 0 Å². The fraction of sp³-hybridized carbons (Fsp3) is 1.00. The van der Waals surface area contributed by atoms with Gasteiger partial charge in [-0.25, -0.2) is 0 Å². The van der Waals surface area contributed by atoms with Crippen molar-refractivity contribution in [3.8, 4) is 0 Å². The molecule has 0 aromatic carbocycles. The van der Waals surface area contributed by atoms with Gasteiger partial charge in [-0.05, 0) is 53.8 Å². The monoisotopic (exact) mass is 204 g/mol. The predicted molar refractivity (Wildman–Crippen MR) is 62.5 cm³/mol. The lowest BCUT2D eigenvalue weighted by atomic mass is 9.79. The third-order valence-electron chi connectivity index (χ3n) is 7.19. The zero-order chi connectivity index (χ0) is 10.3. The summed E-state index contributed by atoms with van der Waals surface area (Å²) in [6, 6.07) is 0. The van der Waals surface area contributed by atoms with Crippen LogP contribution in [0.15, 0.2) is 0 Å². The molecule has 0 aromatic heterocycles. The summed E-state index contributed by atoms with van der Waals surface area (Å²) in [6.07, 6.45) is 10.9. The Hall–Kier alpha value is 0. The fourth-order valence-electron chi connectivity index (χ4n) is 6.52.